The molecule has 1 atom stereocenters. The van der Waals surface area contributed by atoms with E-state index >= 15 is 0 Å². The van der Waals surface area contributed by atoms with E-state index in [0.717, 1.165) is 0 Å². The van der Waals surface area contributed by atoms with Crippen LogP contribution in [-0.4, -0.2) is 46.9 Å². The number of hydrogen-bond donors (Lipinski definition) is 3. The van der Waals surface area contributed by atoms with Gasteiger partial charge in [-0.1, -0.05) is 0 Å². The second kappa shape index (κ2) is 3.67. The molecular weight excluding hydrogens is 186 g/mol. The maximum atomic E-state index is 10.5. The molecule has 0 radical (unpaired) electrons. The van der Waals surface area contributed by atoms with E-state index < -0.39 is 18.1 Å². The number of guanidine groups is 1. The lowest BCUT2D eigenvalue weighted by Crippen LogP contribution is -2.42. The number of carbonyl (C=O) groups is 1. The Hall–Kier alpha value is -1.56. The minimum atomic E-state index is -1.64. The maximum absolute atomic E-state index is 10.5. The van der Waals surface area contributed by atoms with Crippen LogP contribution in [0.4, 0.5) is 0 Å². The first-order valence-corrected chi connectivity index (χ1v) is 4.08. The summed E-state index contributed by atoms with van der Waals surface area (Å²) < 4.78 is 0. The van der Waals surface area contributed by atoms with Crippen LogP contribution in [0.2, 0.25) is 0 Å². The summed E-state index contributed by atoms with van der Waals surface area (Å²) in [5, 5.41) is 21.1. The predicted octanol–water partition coefficient (Wildman–Crippen LogP) is -0.816. The van der Waals surface area contributed by atoms with E-state index in [1.54, 1.807) is 19.0 Å². The third-order valence-electron chi connectivity index (χ3n) is 1.70. The molecule has 1 aliphatic rings. The van der Waals surface area contributed by atoms with Gasteiger partial charge in [0, 0.05) is 20.3 Å². The van der Waals surface area contributed by atoms with Crippen LogP contribution in [-0.2, 0) is 4.79 Å². The molecule has 0 amide bonds. The summed E-state index contributed by atoms with van der Waals surface area (Å²) in [5.41, 5.74) is -1.64. The molecule has 0 saturated carbocycles. The van der Waals surface area contributed by atoms with Gasteiger partial charge < -0.3 is 20.4 Å². The highest BCUT2D eigenvalue weighted by Gasteiger charge is 2.29. The summed E-state index contributed by atoms with van der Waals surface area (Å²) >= 11 is 0. The van der Waals surface area contributed by atoms with Crippen LogP contribution in [0.15, 0.2) is 17.3 Å². The fraction of sp³-hybridized carbons (Fsp3) is 0.500. The van der Waals surface area contributed by atoms with Crippen LogP contribution < -0.4 is 5.32 Å². The highest BCUT2D eigenvalue weighted by atomic mass is 16.4. The largest absolute Gasteiger partial charge is 0.481 e. The molecule has 1 aliphatic heterocycles. The Labute approximate surface area is 81.6 Å². The smallest absolute Gasteiger partial charge is 0.308 e. The number of aliphatic imine (C=N–C) groups is 1. The SMILES string of the molecule is CN(C)C1=NC(O)(CC(=O)O)C=CN1. The Kier molecular flexibility index (Phi) is 2.76. The van der Waals surface area contributed by atoms with Crippen LogP contribution >= 0.6 is 0 Å². The van der Waals surface area contributed by atoms with Crippen LogP contribution in [0.1, 0.15) is 6.42 Å². The second-order valence-electron chi connectivity index (χ2n) is 3.26. The summed E-state index contributed by atoms with van der Waals surface area (Å²) in [6.45, 7) is 0. The van der Waals surface area contributed by atoms with Crippen molar-refractivity contribution in [2.45, 2.75) is 12.1 Å². The van der Waals surface area contributed by atoms with Crippen molar-refractivity contribution in [2.24, 2.45) is 4.99 Å². The monoisotopic (exact) mass is 199 g/mol. The van der Waals surface area contributed by atoms with Crippen molar-refractivity contribution in [3.05, 3.63) is 12.3 Å². The minimum absolute atomic E-state index is 0.427. The van der Waals surface area contributed by atoms with Gasteiger partial charge in [-0.2, -0.15) is 0 Å². The fourth-order valence-electron chi connectivity index (χ4n) is 1.05. The van der Waals surface area contributed by atoms with Crippen LogP contribution in [0.5, 0.6) is 0 Å². The normalized spacial score (nSPS) is 25.2. The first-order chi connectivity index (χ1) is 6.43. The first kappa shape index (κ1) is 10.5. The lowest BCUT2D eigenvalue weighted by Gasteiger charge is -2.26. The number of carboxylic acid groups (broad SMARTS) is 1. The van der Waals surface area contributed by atoms with E-state index in [9.17, 15) is 9.90 Å². The Morgan fingerprint density at radius 2 is 2.36 bits per heavy atom. The Balaban J connectivity index is 2.83. The van der Waals surface area contributed by atoms with Crippen LogP contribution in [0.3, 0.4) is 0 Å². The summed E-state index contributed by atoms with van der Waals surface area (Å²) in [6.07, 6.45) is 2.35. The highest BCUT2D eigenvalue weighted by Crippen LogP contribution is 2.16. The number of aliphatic hydroxyl groups is 1. The van der Waals surface area contributed by atoms with Crippen molar-refractivity contribution >= 4 is 11.9 Å². The van der Waals surface area contributed by atoms with Crippen LogP contribution in [0, 0.1) is 0 Å². The molecule has 14 heavy (non-hydrogen) atoms. The second-order valence-corrected chi connectivity index (χ2v) is 3.26. The third kappa shape index (κ3) is 2.46. The minimum Gasteiger partial charge on any atom is -0.481 e. The van der Waals surface area contributed by atoms with Crippen molar-refractivity contribution < 1.29 is 15.0 Å². The average Bonchev–Trinajstić information content (AvgIpc) is 2.01. The van der Waals surface area contributed by atoms with Gasteiger partial charge in [0.05, 0.1) is 6.42 Å². The molecule has 1 rings (SSSR count). The number of hydrogen-bond acceptors (Lipinski definition) is 5. The van der Waals surface area contributed by atoms with Gasteiger partial charge in [0.1, 0.15) is 0 Å². The van der Waals surface area contributed by atoms with Gasteiger partial charge in [-0.05, 0) is 6.08 Å². The molecule has 0 aromatic carbocycles. The Morgan fingerprint density at radius 3 is 2.86 bits per heavy atom. The van der Waals surface area contributed by atoms with Crippen molar-refractivity contribution in [3.8, 4) is 0 Å². The maximum Gasteiger partial charge on any atom is 0.308 e. The molecule has 0 aliphatic carbocycles. The van der Waals surface area contributed by atoms with E-state index in [2.05, 4.69) is 10.3 Å². The van der Waals surface area contributed by atoms with E-state index in [0.29, 0.717) is 5.96 Å². The number of nitrogens with one attached hydrogen (secondary N) is 1. The number of aliphatic carboxylic acids is 1. The standard InChI is InChI=1S/C8H13N3O3/c1-11(2)7-9-4-3-8(14,10-7)5-6(12)13/h3-4,14H,5H2,1-2H3,(H,9,10)(H,12,13). The molecule has 0 aromatic rings. The zero-order chi connectivity index (χ0) is 10.8. The van der Waals surface area contributed by atoms with Gasteiger partial charge in [-0.25, -0.2) is 4.99 Å². The van der Waals surface area contributed by atoms with Gasteiger partial charge in [0.25, 0.3) is 0 Å². The lowest BCUT2D eigenvalue weighted by atomic mass is 10.1. The molecule has 0 fully saturated rings. The molecule has 1 unspecified atom stereocenters. The summed E-state index contributed by atoms with van der Waals surface area (Å²) in [7, 11) is 3.48. The molecule has 0 bridgehead atoms. The summed E-state index contributed by atoms with van der Waals surface area (Å²) in [5.74, 6) is -0.669. The van der Waals surface area contributed by atoms with E-state index in [1.165, 1.54) is 12.3 Å². The lowest BCUT2D eigenvalue weighted by molar-refractivity contribution is -0.140. The van der Waals surface area contributed by atoms with Crippen molar-refractivity contribution in [1.82, 2.24) is 10.2 Å². The zero-order valence-corrected chi connectivity index (χ0v) is 8.06. The Morgan fingerprint density at radius 1 is 1.71 bits per heavy atom. The zero-order valence-electron chi connectivity index (χ0n) is 8.06. The molecule has 0 aromatic heterocycles. The number of carboxylic acids is 1. The van der Waals surface area contributed by atoms with Gasteiger partial charge >= 0.3 is 5.97 Å². The van der Waals surface area contributed by atoms with Crippen molar-refractivity contribution in [2.75, 3.05) is 14.1 Å². The van der Waals surface area contributed by atoms with Gasteiger partial charge in [-0.15, -0.1) is 0 Å². The first-order valence-electron chi connectivity index (χ1n) is 4.08. The Bertz CT molecular complexity index is 298. The molecule has 0 spiro atoms. The average molecular weight is 199 g/mol. The van der Waals surface area contributed by atoms with Gasteiger partial charge in [0.15, 0.2) is 5.72 Å². The summed E-state index contributed by atoms with van der Waals surface area (Å²) in [6, 6.07) is 0. The molecule has 1 heterocycles. The molecule has 6 nitrogen and oxygen atoms in total. The van der Waals surface area contributed by atoms with Crippen LogP contribution in [0.25, 0.3) is 0 Å². The van der Waals surface area contributed by atoms with Gasteiger partial charge in [0.2, 0.25) is 5.96 Å². The molecule has 6 heteroatoms. The molecule has 0 saturated heterocycles. The van der Waals surface area contributed by atoms with Crippen molar-refractivity contribution in [3.63, 3.8) is 0 Å². The van der Waals surface area contributed by atoms with E-state index in [-0.39, 0.29) is 0 Å². The summed E-state index contributed by atoms with van der Waals surface area (Å²) in [4.78, 5) is 16.0. The number of nitrogens with zero attached hydrogens (tertiary/aromatic N) is 2. The van der Waals surface area contributed by atoms with Gasteiger partial charge in [-0.3, -0.25) is 4.79 Å². The quantitative estimate of drug-likeness (QED) is 0.541. The fourth-order valence-corrected chi connectivity index (χ4v) is 1.05. The molecular formula is C8H13N3O3. The molecule has 3 N–H and O–H groups in total. The number of rotatable bonds is 2. The van der Waals surface area contributed by atoms with E-state index in [1.807, 2.05) is 0 Å². The van der Waals surface area contributed by atoms with E-state index in [4.69, 9.17) is 5.11 Å². The predicted molar refractivity (Wildman–Crippen MR) is 50.6 cm³/mol. The topological polar surface area (TPSA) is 85.2 Å². The molecule has 78 valence electrons. The van der Waals surface area contributed by atoms with Crippen molar-refractivity contribution in [1.29, 1.82) is 0 Å². The third-order valence-corrected chi connectivity index (χ3v) is 1.70. The highest BCUT2D eigenvalue weighted by molar-refractivity contribution is 5.82.